The first-order chi connectivity index (χ1) is 6.66. The summed E-state index contributed by atoms with van der Waals surface area (Å²) in [5.41, 5.74) is 1.13. The molecule has 0 amide bonds. The highest BCUT2D eigenvalue weighted by molar-refractivity contribution is 5.58. The monoisotopic (exact) mass is 192 g/mol. The standard InChI is InChI=1S/C10H9FN2O/c1-6-5-12-10(13-6)8-4-7(14)2-3-9(8)11/h2-5,14H,1H3,(H,12,13). The quantitative estimate of drug-likeness (QED) is 0.727. The second-order valence-corrected chi connectivity index (χ2v) is 3.08. The number of aromatic nitrogens is 2. The van der Waals surface area contributed by atoms with E-state index in [4.69, 9.17) is 0 Å². The van der Waals surface area contributed by atoms with Crippen LogP contribution in [0.25, 0.3) is 11.4 Å². The van der Waals surface area contributed by atoms with Gasteiger partial charge in [-0.05, 0) is 25.1 Å². The Balaban J connectivity index is 2.55. The summed E-state index contributed by atoms with van der Waals surface area (Å²) in [7, 11) is 0. The number of H-pyrrole nitrogens is 1. The number of phenols is 1. The van der Waals surface area contributed by atoms with Crippen molar-refractivity contribution in [2.24, 2.45) is 0 Å². The molecule has 1 heterocycles. The Morgan fingerprint density at radius 1 is 1.43 bits per heavy atom. The number of hydrogen-bond acceptors (Lipinski definition) is 2. The van der Waals surface area contributed by atoms with Gasteiger partial charge >= 0.3 is 0 Å². The fraction of sp³-hybridized carbons (Fsp3) is 0.100. The third-order valence-corrected chi connectivity index (χ3v) is 1.91. The van der Waals surface area contributed by atoms with Gasteiger partial charge in [0.25, 0.3) is 0 Å². The molecule has 3 nitrogen and oxygen atoms in total. The summed E-state index contributed by atoms with van der Waals surface area (Å²) in [4.78, 5) is 6.88. The predicted octanol–water partition coefficient (Wildman–Crippen LogP) is 2.23. The van der Waals surface area contributed by atoms with Crippen LogP contribution in [0.1, 0.15) is 5.69 Å². The van der Waals surface area contributed by atoms with Crippen molar-refractivity contribution in [3.8, 4) is 17.1 Å². The molecule has 0 aliphatic rings. The van der Waals surface area contributed by atoms with Crippen molar-refractivity contribution in [1.29, 1.82) is 0 Å². The molecular weight excluding hydrogens is 183 g/mol. The molecule has 2 N–H and O–H groups in total. The fourth-order valence-electron chi connectivity index (χ4n) is 1.24. The van der Waals surface area contributed by atoms with Crippen molar-refractivity contribution in [3.05, 3.63) is 35.9 Å². The molecule has 0 bridgehead atoms. The van der Waals surface area contributed by atoms with Gasteiger partial charge in [-0.1, -0.05) is 0 Å². The molecule has 72 valence electrons. The number of benzene rings is 1. The minimum absolute atomic E-state index is 0.0236. The summed E-state index contributed by atoms with van der Waals surface area (Å²) >= 11 is 0. The Morgan fingerprint density at radius 3 is 2.86 bits per heavy atom. The number of halogens is 1. The number of nitrogens with zero attached hydrogens (tertiary/aromatic N) is 1. The number of rotatable bonds is 1. The first-order valence-electron chi connectivity index (χ1n) is 4.17. The highest BCUT2D eigenvalue weighted by Crippen LogP contribution is 2.23. The first kappa shape index (κ1) is 8.74. The zero-order valence-electron chi connectivity index (χ0n) is 7.58. The van der Waals surface area contributed by atoms with E-state index in [0.717, 1.165) is 5.69 Å². The van der Waals surface area contributed by atoms with Gasteiger partial charge in [0, 0.05) is 11.9 Å². The molecule has 0 saturated heterocycles. The summed E-state index contributed by atoms with van der Waals surface area (Å²) in [6.07, 6.45) is 1.61. The summed E-state index contributed by atoms with van der Waals surface area (Å²) in [5, 5.41) is 9.20. The molecule has 0 radical (unpaired) electrons. The molecule has 0 atom stereocenters. The van der Waals surface area contributed by atoms with Gasteiger partial charge < -0.3 is 10.1 Å². The van der Waals surface area contributed by atoms with Crippen molar-refractivity contribution in [1.82, 2.24) is 9.97 Å². The number of aromatic amines is 1. The molecule has 0 saturated carbocycles. The van der Waals surface area contributed by atoms with E-state index in [-0.39, 0.29) is 11.3 Å². The van der Waals surface area contributed by atoms with Gasteiger partial charge in [-0.15, -0.1) is 0 Å². The van der Waals surface area contributed by atoms with Crippen LogP contribution >= 0.6 is 0 Å². The van der Waals surface area contributed by atoms with Gasteiger partial charge in [0.05, 0.1) is 5.56 Å². The van der Waals surface area contributed by atoms with E-state index >= 15 is 0 Å². The molecule has 1 aromatic carbocycles. The maximum absolute atomic E-state index is 13.3. The Hall–Kier alpha value is -1.84. The number of aromatic hydroxyl groups is 1. The minimum atomic E-state index is -0.405. The summed E-state index contributed by atoms with van der Waals surface area (Å²) < 4.78 is 13.3. The predicted molar refractivity (Wildman–Crippen MR) is 50.4 cm³/mol. The Labute approximate surface area is 80.2 Å². The van der Waals surface area contributed by atoms with Crippen molar-refractivity contribution in [2.75, 3.05) is 0 Å². The van der Waals surface area contributed by atoms with Gasteiger partial charge in [-0.2, -0.15) is 0 Å². The maximum atomic E-state index is 13.3. The number of imidazole rings is 1. The third kappa shape index (κ3) is 1.46. The van der Waals surface area contributed by atoms with E-state index in [1.807, 2.05) is 6.92 Å². The topological polar surface area (TPSA) is 48.9 Å². The highest BCUT2D eigenvalue weighted by Gasteiger charge is 2.08. The van der Waals surface area contributed by atoms with Crippen LogP contribution in [0.2, 0.25) is 0 Å². The fourth-order valence-corrected chi connectivity index (χ4v) is 1.24. The molecular formula is C10H9FN2O. The second-order valence-electron chi connectivity index (χ2n) is 3.08. The molecule has 0 unspecified atom stereocenters. The van der Waals surface area contributed by atoms with E-state index in [1.54, 1.807) is 6.20 Å². The number of nitrogens with one attached hydrogen (secondary N) is 1. The lowest BCUT2D eigenvalue weighted by molar-refractivity contribution is 0.473. The first-order valence-corrected chi connectivity index (χ1v) is 4.17. The van der Waals surface area contributed by atoms with Crippen LogP contribution in [0, 0.1) is 12.7 Å². The van der Waals surface area contributed by atoms with Crippen molar-refractivity contribution >= 4 is 0 Å². The molecule has 14 heavy (non-hydrogen) atoms. The highest BCUT2D eigenvalue weighted by atomic mass is 19.1. The Kier molecular flexibility index (Phi) is 1.96. The largest absolute Gasteiger partial charge is 0.508 e. The molecule has 0 spiro atoms. The molecule has 0 fully saturated rings. The van der Waals surface area contributed by atoms with E-state index in [1.165, 1.54) is 18.2 Å². The van der Waals surface area contributed by atoms with Gasteiger partial charge in [-0.25, -0.2) is 9.37 Å². The average molecular weight is 192 g/mol. The second kappa shape index (κ2) is 3.14. The van der Waals surface area contributed by atoms with Crippen LogP contribution < -0.4 is 0 Å². The molecule has 4 heteroatoms. The molecule has 0 aliphatic heterocycles. The van der Waals surface area contributed by atoms with Crippen LogP contribution in [0.4, 0.5) is 4.39 Å². The van der Waals surface area contributed by atoms with Crippen LogP contribution in [0.3, 0.4) is 0 Å². The SMILES string of the molecule is Cc1cnc(-c2cc(O)ccc2F)[nH]1. The number of hydrogen-bond donors (Lipinski definition) is 2. The van der Waals surface area contributed by atoms with Gasteiger partial charge in [0.2, 0.25) is 0 Å². The summed E-state index contributed by atoms with van der Waals surface area (Å²) in [6, 6.07) is 3.85. The van der Waals surface area contributed by atoms with E-state index in [9.17, 15) is 9.50 Å². The van der Waals surface area contributed by atoms with E-state index < -0.39 is 5.82 Å². The van der Waals surface area contributed by atoms with Gasteiger partial charge in [-0.3, -0.25) is 0 Å². The lowest BCUT2D eigenvalue weighted by Gasteiger charge is -1.99. The Bertz CT molecular complexity index is 465. The van der Waals surface area contributed by atoms with Crippen molar-refractivity contribution < 1.29 is 9.50 Å². The Morgan fingerprint density at radius 2 is 2.21 bits per heavy atom. The summed E-state index contributed by atoms with van der Waals surface area (Å²) in [5.74, 6) is 0.0449. The lowest BCUT2D eigenvalue weighted by atomic mass is 10.2. The van der Waals surface area contributed by atoms with Crippen LogP contribution in [-0.2, 0) is 0 Å². The lowest BCUT2D eigenvalue weighted by Crippen LogP contribution is -1.86. The zero-order valence-corrected chi connectivity index (χ0v) is 7.58. The van der Waals surface area contributed by atoms with Crippen molar-refractivity contribution in [3.63, 3.8) is 0 Å². The number of aryl methyl sites for hydroxylation is 1. The van der Waals surface area contributed by atoms with E-state index in [2.05, 4.69) is 9.97 Å². The zero-order chi connectivity index (χ0) is 10.1. The normalized spacial score (nSPS) is 10.4. The van der Waals surface area contributed by atoms with E-state index in [0.29, 0.717) is 5.82 Å². The van der Waals surface area contributed by atoms with Gasteiger partial charge in [0.1, 0.15) is 17.4 Å². The molecule has 1 aromatic heterocycles. The molecule has 2 rings (SSSR count). The van der Waals surface area contributed by atoms with Crippen LogP contribution in [0.5, 0.6) is 5.75 Å². The minimum Gasteiger partial charge on any atom is -0.508 e. The average Bonchev–Trinajstić information content (AvgIpc) is 2.56. The van der Waals surface area contributed by atoms with Crippen LogP contribution in [-0.4, -0.2) is 15.1 Å². The summed E-state index contributed by atoms with van der Waals surface area (Å²) in [6.45, 7) is 1.83. The van der Waals surface area contributed by atoms with Crippen LogP contribution in [0.15, 0.2) is 24.4 Å². The number of phenolic OH excluding ortho intramolecular Hbond substituents is 1. The maximum Gasteiger partial charge on any atom is 0.140 e. The third-order valence-electron chi connectivity index (χ3n) is 1.91. The smallest absolute Gasteiger partial charge is 0.140 e. The molecule has 2 aromatic rings. The van der Waals surface area contributed by atoms with Crippen molar-refractivity contribution in [2.45, 2.75) is 6.92 Å². The van der Waals surface area contributed by atoms with Gasteiger partial charge in [0.15, 0.2) is 0 Å². The molecule has 0 aliphatic carbocycles.